The smallest absolute Gasteiger partial charge is 0.217 e. The van der Waals surface area contributed by atoms with Crippen molar-refractivity contribution in [3.63, 3.8) is 0 Å². The Morgan fingerprint density at radius 3 is 2.82 bits per heavy atom. The summed E-state index contributed by atoms with van der Waals surface area (Å²) in [5, 5.41) is 6.40. The Morgan fingerprint density at radius 1 is 1.55 bits per heavy atom. The molecule has 2 fully saturated rings. The molecule has 1 saturated heterocycles. The summed E-state index contributed by atoms with van der Waals surface area (Å²) >= 11 is 0. The average Bonchev–Trinajstić information content (AvgIpc) is 2.45. The lowest BCUT2D eigenvalue weighted by Gasteiger charge is -2.22. The van der Waals surface area contributed by atoms with Crippen molar-refractivity contribution in [3.8, 4) is 0 Å². The van der Waals surface area contributed by atoms with Gasteiger partial charge in [0.2, 0.25) is 5.91 Å². The van der Waals surface area contributed by atoms with Gasteiger partial charge in [0.15, 0.2) is 0 Å². The minimum atomic E-state index is 0.113. The molecule has 2 bridgehead atoms. The van der Waals surface area contributed by atoms with Crippen LogP contribution in [-0.2, 0) is 4.79 Å². The largest absolute Gasteiger partial charge is 0.353 e. The van der Waals surface area contributed by atoms with E-state index in [1.165, 1.54) is 6.42 Å². The maximum absolute atomic E-state index is 10.7. The van der Waals surface area contributed by atoms with Crippen LogP contribution in [0.5, 0.6) is 0 Å². The van der Waals surface area contributed by atoms with Gasteiger partial charge in [-0.2, -0.15) is 0 Å². The molecule has 3 nitrogen and oxygen atoms in total. The first-order valence-electron chi connectivity index (χ1n) is 4.26. The number of nitrogens with one attached hydrogen (secondary N) is 2. The van der Waals surface area contributed by atoms with E-state index in [2.05, 4.69) is 10.6 Å². The van der Waals surface area contributed by atoms with Gasteiger partial charge >= 0.3 is 0 Å². The monoisotopic (exact) mass is 154 g/mol. The molecule has 2 aliphatic rings. The molecule has 62 valence electrons. The van der Waals surface area contributed by atoms with Gasteiger partial charge in [0, 0.05) is 25.6 Å². The molecule has 1 aliphatic heterocycles. The number of carbonyl (C=O) groups excluding carboxylic acids is 1. The zero-order valence-electron chi connectivity index (χ0n) is 6.76. The van der Waals surface area contributed by atoms with Gasteiger partial charge in [0.1, 0.15) is 0 Å². The lowest BCUT2D eigenvalue weighted by atomic mass is 10.0. The maximum Gasteiger partial charge on any atom is 0.217 e. The van der Waals surface area contributed by atoms with E-state index in [1.807, 2.05) is 0 Å². The highest BCUT2D eigenvalue weighted by Gasteiger charge is 2.39. The first kappa shape index (κ1) is 7.10. The summed E-state index contributed by atoms with van der Waals surface area (Å²) in [5.41, 5.74) is 0. The fraction of sp³-hybridized carbons (Fsp3) is 0.875. The molecule has 0 aromatic carbocycles. The topological polar surface area (TPSA) is 41.1 Å². The molecule has 1 amide bonds. The summed E-state index contributed by atoms with van der Waals surface area (Å²) < 4.78 is 0. The molecule has 1 heterocycles. The second-order valence-corrected chi connectivity index (χ2v) is 3.64. The van der Waals surface area contributed by atoms with Crippen LogP contribution in [0.15, 0.2) is 0 Å². The lowest BCUT2D eigenvalue weighted by Crippen LogP contribution is -2.43. The van der Waals surface area contributed by atoms with Crippen LogP contribution in [0.2, 0.25) is 0 Å². The van der Waals surface area contributed by atoms with Crippen molar-refractivity contribution in [1.29, 1.82) is 0 Å². The maximum atomic E-state index is 10.7. The van der Waals surface area contributed by atoms with Crippen molar-refractivity contribution in [1.82, 2.24) is 10.6 Å². The highest BCUT2D eigenvalue weighted by molar-refractivity contribution is 5.73. The molecule has 3 atom stereocenters. The SMILES string of the molecule is CC(=O)N[C@H]1CC2C[C@H]1CN2. The van der Waals surface area contributed by atoms with Crippen molar-refractivity contribution >= 4 is 5.91 Å². The summed E-state index contributed by atoms with van der Waals surface area (Å²) in [6.45, 7) is 2.69. The summed E-state index contributed by atoms with van der Waals surface area (Å²) in [4.78, 5) is 10.7. The number of fused-ring (bicyclic) bond motifs is 2. The summed E-state index contributed by atoms with van der Waals surface area (Å²) in [6.07, 6.45) is 2.38. The van der Waals surface area contributed by atoms with E-state index in [4.69, 9.17) is 0 Å². The Balaban J connectivity index is 1.92. The highest BCUT2D eigenvalue weighted by atomic mass is 16.1. The highest BCUT2D eigenvalue weighted by Crippen LogP contribution is 2.30. The van der Waals surface area contributed by atoms with E-state index in [9.17, 15) is 4.79 Å². The average molecular weight is 154 g/mol. The van der Waals surface area contributed by atoms with Crippen molar-refractivity contribution in [2.24, 2.45) is 5.92 Å². The predicted octanol–water partition coefficient (Wildman–Crippen LogP) is -0.127. The zero-order valence-corrected chi connectivity index (χ0v) is 6.76. The van der Waals surface area contributed by atoms with Crippen LogP contribution < -0.4 is 10.6 Å². The number of rotatable bonds is 1. The third-order valence-electron chi connectivity index (χ3n) is 2.75. The van der Waals surface area contributed by atoms with Crippen molar-refractivity contribution in [3.05, 3.63) is 0 Å². The van der Waals surface area contributed by atoms with E-state index in [1.54, 1.807) is 6.92 Å². The number of piperidine rings is 1. The number of hydrogen-bond acceptors (Lipinski definition) is 2. The van der Waals surface area contributed by atoms with E-state index in [0.717, 1.165) is 13.0 Å². The van der Waals surface area contributed by atoms with Gasteiger partial charge in [-0.05, 0) is 18.8 Å². The summed E-state index contributed by atoms with van der Waals surface area (Å²) in [5.74, 6) is 0.812. The molecule has 3 heteroatoms. The molecule has 2 rings (SSSR count). The molecule has 11 heavy (non-hydrogen) atoms. The molecule has 2 N–H and O–H groups in total. The van der Waals surface area contributed by atoms with E-state index in [-0.39, 0.29) is 5.91 Å². The molecular formula is C8H14N2O. The molecule has 0 radical (unpaired) electrons. The first-order chi connectivity index (χ1) is 5.25. The Bertz CT molecular complexity index is 181. The number of amides is 1. The zero-order chi connectivity index (χ0) is 7.84. The molecule has 0 aromatic heterocycles. The molecule has 1 aliphatic carbocycles. The van der Waals surface area contributed by atoms with Crippen molar-refractivity contribution in [2.75, 3.05) is 6.54 Å². The van der Waals surface area contributed by atoms with Crippen LogP contribution in [0, 0.1) is 5.92 Å². The Hall–Kier alpha value is -0.570. The van der Waals surface area contributed by atoms with Gasteiger partial charge in [-0.15, -0.1) is 0 Å². The fourth-order valence-electron chi connectivity index (χ4n) is 2.27. The first-order valence-corrected chi connectivity index (χ1v) is 4.26. The van der Waals surface area contributed by atoms with Gasteiger partial charge in [0.25, 0.3) is 0 Å². The Kier molecular flexibility index (Phi) is 1.60. The molecule has 0 aromatic rings. The third-order valence-corrected chi connectivity index (χ3v) is 2.75. The van der Waals surface area contributed by atoms with E-state index in [0.29, 0.717) is 18.0 Å². The molecule has 0 spiro atoms. The van der Waals surface area contributed by atoms with Gasteiger partial charge in [-0.1, -0.05) is 0 Å². The standard InChI is InChI=1S/C8H14N2O/c1-5(11)10-8-3-7-2-6(8)4-9-7/h6-9H,2-4H2,1H3,(H,10,11)/t6-,7?,8-/m0/s1. The van der Waals surface area contributed by atoms with Gasteiger partial charge in [0.05, 0.1) is 0 Å². The van der Waals surface area contributed by atoms with Crippen molar-refractivity contribution < 1.29 is 4.79 Å². The van der Waals surface area contributed by atoms with E-state index >= 15 is 0 Å². The second kappa shape index (κ2) is 2.48. The van der Waals surface area contributed by atoms with Crippen LogP contribution in [0.1, 0.15) is 19.8 Å². The third kappa shape index (κ3) is 1.25. The Morgan fingerprint density at radius 2 is 2.36 bits per heavy atom. The van der Waals surface area contributed by atoms with Crippen LogP contribution in [0.3, 0.4) is 0 Å². The quantitative estimate of drug-likeness (QED) is 0.552. The number of carbonyl (C=O) groups is 1. The van der Waals surface area contributed by atoms with Gasteiger partial charge in [-0.25, -0.2) is 0 Å². The predicted molar refractivity (Wildman–Crippen MR) is 42.1 cm³/mol. The van der Waals surface area contributed by atoms with Gasteiger partial charge < -0.3 is 10.6 Å². The number of hydrogen-bond donors (Lipinski definition) is 2. The Labute approximate surface area is 66.5 Å². The normalized spacial score (nSPS) is 41.0. The minimum absolute atomic E-state index is 0.113. The lowest BCUT2D eigenvalue weighted by molar-refractivity contribution is -0.119. The minimum Gasteiger partial charge on any atom is -0.353 e. The summed E-state index contributed by atoms with van der Waals surface area (Å²) in [7, 11) is 0. The van der Waals surface area contributed by atoms with Crippen molar-refractivity contribution in [2.45, 2.75) is 31.8 Å². The van der Waals surface area contributed by atoms with Crippen LogP contribution in [0.4, 0.5) is 0 Å². The van der Waals surface area contributed by atoms with Crippen LogP contribution in [0.25, 0.3) is 0 Å². The molecule has 1 unspecified atom stereocenters. The second-order valence-electron chi connectivity index (χ2n) is 3.64. The summed E-state index contributed by atoms with van der Waals surface area (Å²) in [6, 6.07) is 1.13. The fourth-order valence-corrected chi connectivity index (χ4v) is 2.27. The van der Waals surface area contributed by atoms with E-state index < -0.39 is 0 Å². The molecule has 1 saturated carbocycles. The van der Waals surface area contributed by atoms with Crippen LogP contribution >= 0.6 is 0 Å². The van der Waals surface area contributed by atoms with Crippen LogP contribution in [-0.4, -0.2) is 24.5 Å². The van der Waals surface area contributed by atoms with Gasteiger partial charge in [-0.3, -0.25) is 4.79 Å². The molecular weight excluding hydrogens is 140 g/mol.